The summed E-state index contributed by atoms with van der Waals surface area (Å²) in [7, 11) is 0. The van der Waals surface area contributed by atoms with Gasteiger partial charge in [-0.1, -0.05) is 30.3 Å². The highest BCUT2D eigenvalue weighted by Crippen LogP contribution is 2.41. The van der Waals surface area contributed by atoms with Gasteiger partial charge in [-0.2, -0.15) is 0 Å². The van der Waals surface area contributed by atoms with Gasteiger partial charge in [-0.3, -0.25) is 20.4 Å². The summed E-state index contributed by atoms with van der Waals surface area (Å²) in [5.41, 5.74) is 7.09. The van der Waals surface area contributed by atoms with E-state index in [0.717, 1.165) is 12.0 Å². The topological polar surface area (TPSA) is 103 Å². The Balaban J connectivity index is 1.27. The van der Waals surface area contributed by atoms with Gasteiger partial charge in [0.25, 0.3) is 11.8 Å². The molecule has 1 aliphatic rings. The number of hydrogen-bond donors (Lipinski definition) is 2. The lowest BCUT2D eigenvalue weighted by atomic mass is 10.0. The van der Waals surface area contributed by atoms with E-state index in [1.807, 2.05) is 44.2 Å². The summed E-state index contributed by atoms with van der Waals surface area (Å²) in [6.45, 7) is 3.72. The second-order valence-electron chi connectivity index (χ2n) is 8.62. The average Bonchev–Trinajstić information content (AvgIpc) is 3.47. The average molecular weight is 457 g/mol. The minimum Gasteiger partial charge on any atom is -0.483 e. The molecule has 34 heavy (non-hydrogen) atoms. The van der Waals surface area contributed by atoms with E-state index in [1.165, 1.54) is 0 Å². The van der Waals surface area contributed by atoms with Crippen LogP contribution in [0.25, 0.3) is 22.4 Å². The molecule has 2 aromatic heterocycles. The Morgan fingerprint density at radius 2 is 1.91 bits per heavy atom. The molecule has 0 spiro atoms. The van der Waals surface area contributed by atoms with Crippen molar-refractivity contribution >= 4 is 22.7 Å². The molecule has 0 radical (unpaired) electrons. The fourth-order valence-electron chi connectivity index (χ4n) is 3.99. The minimum atomic E-state index is -0.507. The van der Waals surface area contributed by atoms with Crippen molar-refractivity contribution in [2.45, 2.75) is 25.9 Å². The van der Waals surface area contributed by atoms with Crippen LogP contribution in [0.2, 0.25) is 0 Å². The van der Waals surface area contributed by atoms with Gasteiger partial charge in [0, 0.05) is 17.4 Å². The monoisotopic (exact) mass is 457 g/mol. The molecule has 0 saturated heterocycles. The zero-order chi connectivity index (χ0) is 23.7. The van der Waals surface area contributed by atoms with E-state index >= 15 is 0 Å². The van der Waals surface area contributed by atoms with Gasteiger partial charge < -0.3 is 13.9 Å². The van der Waals surface area contributed by atoms with Crippen molar-refractivity contribution in [1.29, 1.82) is 0 Å². The molecule has 5 rings (SSSR count). The van der Waals surface area contributed by atoms with Gasteiger partial charge in [0.1, 0.15) is 11.3 Å². The largest absolute Gasteiger partial charge is 0.483 e. The molecular formula is C26H23N3O5. The number of nitrogens with one attached hydrogen (secondary N) is 2. The predicted octanol–water partition coefficient (Wildman–Crippen LogP) is 4.05. The minimum absolute atomic E-state index is 0.282. The van der Waals surface area contributed by atoms with Crippen molar-refractivity contribution in [3.05, 3.63) is 78.1 Å². The van der Waals surface area contributed by atoms with E-state index < -0.39 is 11.8 Å². The third-order valence-electron chi connectivity index (χ3n) is 5.46. The van der Waals surface area contributed by atoms with E-state index in [1.54, 1.807) is 36.6 Å². The Bertz CT molecular complexity index is 1380. The van der Waals surface area contributed by atoms with Crippen LogP contribution in [-0.2, 0) is 11.2 Å². The lowest BCUT2D eigenvalue weighted by Gasteiger charge is -2.18. The molecule has 4 aromatic rings. The fraction of sp³-hybridized carbons (Fsp3) is 0.192. The summed E-state index contributed by atoms with van der Waals surface area (Å²) < 4.78 is 17.1. The van der Waals surface area contributed by atoms with E-state index in [0.29, 0.717) is 39.4 Å². The molecule has 172 valence electrons. The number of amides is 2. The third-order valence-corrected chi connectivity index (χ3v) is 5.46. The second-order valence-corrected chi connectivity index (χ2v) is 8.62. The van der Waals surface area contributed by atoms with Crippen LogP contribution in [0.3, 0.4) is 0 Å². The van der Waals surface area contributed by atoms with E-state index in [2.05, 4.69) is 15.8 Å². The number of para-hydroxylation sites is 2. The number of ether oxygens (including phenoxy) is 2. The van der Waals surface area contributed by atoms with Crippen molar-refractivity contribution < 1.29 is 23.5 Å². The summed E-state index contributed by atoms with van der Waals surface area (Å²) in [6, 6.07) is 18.0. The standard InChI is InChI=1S/C26H23N3O5/c1-26(2)14-16-7-5-10-22(24(16)34-26)33-15-23(30)28-29-25(31)18-13-20(21-11-6-12-32-21)27-19-9-4-3-8-17(18)19/h3-13H,14-15H2,1-2H3,(H,28,30)(H,29,31). The van der Waals surface area contributed by atoms with Gasteiger partial charge in [-0.25, -0.2) is 4.98 Å². The maximum absolute atomic E-state index is 12.9. The second kappa shape index (κ2) is 8.55. The van der Waals surface area contributed by atoms with Crippen LogP contribution in [0, 0.1) is 0 Å². The van der Waals surface area contributed by atoms with Crippen LogP contribution < -0.4 is 20.3 Å². The Hall–Kier alpha value is -4.33. The van der Waals surface area contributed by atoms with E-state index in [9.17, 15) is 9.59 Å². The number of hydrazine groups is 1. The molecule has 2 aromatic carbocycles. The first-order chi connectivity index (χ1) is 16.4. The molecule has 0 aliphatic carbocycles. The number of nitrogens with zero attached hydrogens (tertiary/aromatic N) is 1. The number of carbonyl (C=O) groups is 2. The molecule has 2 amide bonds. The number of furan rings is 1. The summed E-state index contributed by atoms with van der Waals surface area (Å²) in [4.78, 5) is 29.9. The molecule has 0 bridgehead atoms. The van der Waals surface area contributed by atoms with Crippen molar-refractivity contribution in [3.8, 4) is 23.0 Å². The fourth-order valence-corrected chi connectivity index (χ4v) is 3.99. The van der Waals surface area contributed by atoms with Gasteiger partial charge in [-0.05, 0) is 44.2 Å². The first kappa shape index (κ1) is 21.5. The molecule has 8 heteroatoms. The van der Waals surface area contributed by atoms with Gasteiger partial charge >= 0.3 is 0 Å². The van der Waals surface area contributed by atoms with Crippen LogP contribution in [-0.4, -0.2) is 29.0 Å². The Kier molecular flexibility index (Phi) is 5.41. The third kappa shape index (κ3) is 4.30. The van der Waals surface area contributed by atoms with Crippen LogP contribution in [0.4, 0.5) is 0 Å². The van der Waals surface area contributed by atoms with Crippen LogP contribution in [0.1, 0.15) is 29.8 Å². The maximum atomic E-state index is 12.9. The van der Waals surface area contributed by atoms with Crippen LogP contribution >= 0.6 is 0 Å². The molecule has 3 heterocycles. The highest BCUT2D eigenvalue weighted by Gasteiger charge is 2.32. The van der Waals surface area contributed by atoms with Crippen LogP contribution in [0.15, 0.2) is 71.3 Å². The summed E-state index contributed by atoms with van der Waals surface area (Å²) in [5, 5.41) is 0.653. The SMILES string of the molecule is CC1(C)Cc2cccc(OCC(=O)NNC(=O)c3cc(-c4ccco4)nc4ccccc34)c2O1. The number of carbonyl (C=O) groups excluding carboxylic acids is 2. The van der Waals surface area contributed by atoms with Crippen molar-refractivity contribution in [3.63, 3.8) is 0 Å². The first-order valence-electron chi connectivity index (χ1n) is 10.9. The predicted molar refractivity (Wildman–Crippen MR) is 125 cm³/mol. The normalized spacial score (nSPS) is 13.7. The quantitative estimate of drug-likeness (QED) is 0.439. The van der Waals surface area contributed by atoms with Gasteiger partial charge in [0.2, 0.25) is 0 Å². The van der Waals surface area contributed by atoms with E-state index in [-0.39, 0.29) is 12.2 Å². The number of rotatable bonds is 5. The number of fused-ring (bicyclic) bond motifs is 2. The first-order valence-corrected chi connectivity index (χ1v) is 10.9. The molecule has 0 saturated carbocycles. The number of pyridine rings is 1. The molecule has 0 fully saturated rings. The van der Waals surface area contributed by atoms with Gasteiger partial charge in [-0.15, -0.1) is 0 Å². The van der Waals surface area contributed by atoms with Gasteiger partial charge in [0.05, 0.1) is 17.3 Å². The Morgan fingerprint density at radius 3 is 2.74 bits per heavy atom. The molecule has 0 unspecified atom stereocenters. The maximum Gasteiger partial charge on any atom is 0.276 e. The van der Waals surface area contributed by atoms with Crippen molar-refractivity contribution in [1.82, 2.24) is 15.8 Å². The van der Waals surface area contributed by atoms with E-state index in [4.69, 9.17) is 13.9 Å². The summed E-state index contributed by atoms with van der Waals surface area (Å²) in [6.07, 6.45) is 2.31. The highest BCUT2D eigenvalue weighted by atomic mass is 16.5. The number of hydrogen-bond acceptors (Lipinski definition) is 6. The number of aromatic nitrogens is 1. The van der Waals surface area contributed by atoms with Crippen molar-refractivity contribution in [2.75, 3.05) is 6.61 Å². The molecule has 2 N–H and O–H groups in total. The lowest BCUT2D eigenvalue weighted by Crippen LogP contribution is -2.44. The van der Waals surface area contributed by atoms with Crippen molar-refractivity contribution in [2.24, 2.45) is 0 Å². The molecule has 1 aliphatic heterocycles. The number of benzene rings is 2. The van der Waals surface area contributed by atoms with Crippen LogP contribution in [0.5, 0.6) is 11.5 Å². The van der Waals surface area contributed by atoms with Gasteiger partial charge in [0.15, 0.2) is 23.9 Å². The highest BCUT2D eigenvalue weighted by molar-refractivity contribution is 6.07. The summed E-state index contributed by atoms with van der Waals surface area (Å²) in [5.74, 6) is 0.696. The lowest BCUT2D eigenvalue weighted by molar-refractivity contribution is -0.123. The zero-order valence-corrected chi connectivity index (χ0v) is 18.8. The molecular weight excluding hydrogens is 434 g/mol. The molecule has 8 nitrogen and oxygen atoms in total. The zero-order valence-electron chi connectivity index (χ0n) is 18.8. The Morgan fingerprint density at radius 1 is 1.06 bits per heavy atom. The smallest absolute Gasteiger partial charge is 0.276 e. The summed E-state index contributed by atoms with van der Waals surface area (Å²) >= 11 is 0. The Labute approximate surface area is 195 Å². The molecule has 0 atom stereocenters.